The molecule has 0 aliphatic rings. The van der Waals surface area contributed by atoms with E-state index in [1.54, 1.807) is 0 Å². The van der Waals surface area contributed by atoms with E-state index < -0.39 is 0 Å². The Bertz CT molecular complexity index is 1090. The van der Waals surface area contributed by atoms with Gasteiger partial charge in [-0.15, -0.1) is 0 Å². The van der Waals surface area contributed by atoms with Crippen molar-refractivity contribution in [3.63, 3.8) is 0 Å². The van der Waals surface area contributed by atoms with Crippen LogP contribution in [0.25, 0.3) is 22.4 Å². The zero-order valence-corrected chi connectivity index (χ0v) is 16.3. The summed E-state index contributed by atoms with van der Waals surface area (Å²) >= 11 is 12.1. The minimum absolute atomic E-state index is 0.530. The number of ether oxygens (including phenoxy) is 1. The standard InChI is InChI=1S/C22H18Cl2N2O/c1-15-14-18(10-11-19(15)24)27-13-12-26-21-5-3-2-4-20(21)25-22(26)16-6-8-17(23)9-7-16/h2-11,14H,12-13H2,1H3. The minimum Gasteiger partial charge on any atom is -0.492 e. The summed E-state index contributed by atoms with van der Waals surface area (Å²) in [5.41, 5.74) is 4.07. The van der Waals surface area contributed by atoms with E-state index in [4.69, 9.17) is 32.9 Å². The van der Waals surface area contributed by atoms with Crippen LogP contribution >= 0.6 is 23.2 Å². The predicted octanol–water partition coefficient (Wildman–Crippen LogP) is 6.40. The zero-order valence-electron chi connectivity index (χ0n) is 14.8. The maximum atomic E-state index is 6.08. The first kappa shape index (κ1) is 17.9. The second kappa shape index (κ2) is 7.63. The summed E-state index contributed by atoms with van der Waals surface area (Å²) in [4.78, 5) is 4.81. The molecule has 1 aromatic heterocycles. The molecule has 5 heteroatoms. The van der Waals surface area contributed by atoms with Gasteiger partial charge in [-0.3, -0.25) is 0 Å². The summed E-state index contributed by atoms with van der Waals surface area (Å²) in [6.07, 6.45) is 0. The lowest BCUT2D eigenvalue weighted by Crippen LogP contribution is -2.09. The number of fused-ring (bicyclic) bond motifs is 1. The molecule has 0 saturated carbocycles. The van der Waals surface area contributed by atoms with Gasteiger partial charge < -0.3 is 9.30 Å². The Morgan fingerprint density at radius 1 is 0.963 bits per heavy atom. The highest BCUT2D eigenvalue weighted by molar-refractivity contribution is 6.31. The predicted molar refractivity (Wildman–Crippen MR) is 112 cm³/mol. The average Bonchev–Trinajstić information content (AvgIpc) is 3.04. The molecular formula is C22H18Cl2N2O. The number of aryl methyl sites for hydroxylation is 1. The van der Waals surface area contributed by atoms with Gasteiger partial charge in [-0.25, -0.2) is 4.98 Å². The average molecular weight is 397 g/mol. The van der Waals surface area contributed by atoms with Gasteiger partial charge in [0.1, 0.15) is 18.2 Å². The molecule has 0 bridgehead atoms. The fraction of sp³-hybridized carbons (Fsp3) is 0.136. The SMILES string of the molecule is Cc1cc(OCCn2c(-c3ccc(Cl)cc3)nc3ccccc32)ccc1Cl. The van der Waals surface area contributed by atoms with Crippen molar-refractivity contribution in [2.45, 2.75) is 13.5 Å². The van der Waals surface area contributed by atoms with Crippen LogP contribution in [0.15, 0.2) is 66.7 Å². The summed E-state index contributed by atoms with van der Waals surface area (Å²) in [5, 5.41) is 1.45. The monoisotopic (exact) mass is 396 g/mol. The van der Waals surface area contributed by atoms with Crippen molar-refractivity contribution in [2.75, 3.05) is 6.61 Å². The van der Waals surface area contributed by atoms with Crippen molar-refractivity contribution in [3.05, 3.63) is 82.3 Å². The van der Waals surface area contributed by atoms with E-state index in [-0.39, 0.29) is 0 Å². The number of para-hydroxylation sites is 2. The van der Waals surface area contributed by atoms with E-state index in [0.29, 0.717) is 18.2 Å². The van der Waals surface area contributed by atoms with Crippen molar-refractivity contribution in [3.8, 4) is 17.1 Å². The first-order chi connectivity index (χ1) is 13.1. The third-order valence-electron chi connectivity index (χ3n) is 4.47. The Balaban J connectivity index is 1.62. The van der Waals surface area contributed by atoms with Gasteiger partial charge in [-0.1, -0.05) is 35.3 Å². The van der Waals surface area contributed by atoms with E-state index in [1.807, 2.05) is 67.6 Å². The third kappa shape index (κ3) is 3.80. The number of hydrogen-bond acceptors (Lipinski definition) is 2. The molecule has 0 atom stereocenters. The number of nitrogens with zero attached hydrogens (tertiary/aromatic N) is 2. The van der Waals surface area contributed by atoms with E-state index in [9.17, 15) is 0 Å². The molecule has 0 N–H and O–H groups in total. The highest BCUT2D eigenvalue weighted by Gasteiger charge is 2.12. The minimum atomic E-state index is 0.530. The molecule has 0 aliphatic heterocycles. The highest BCUT2D eigenvalue weighted by Crippen LogP contribution is 2.26. The lowest BCUT2D eigenvalue weighted by Gasteiger charge is -2.12. The summed E-state index contributed by atoms with van der Waals surface area (Å²) < 4.78 is 8.13. The van der Waals surface area contributed by atoms with E-state index >= 15 is 0 Å². The highest BCUT2D eigenvalue weighted by atomic mass is 35.5. The first-order valence-corrected chi connectivity index (χ1v) is 9.47. The lowest BCUT2D eigenvalue weighted by molar-refractivity contribution is 0.300. The molecule has 27 heavy (non-hydrogen) atoms. The van der Waals surface area contributed by atoms with Crippen molar-refractivity contribution >= 4 is 34.2 Å². The molecule has 0 aliphatic carbocycles. The maximum absolute atomic E-state index is 6.08. The zero-order chi connectivity index (χ0) is 18.8. The number of rotatable bonds is 5. The van der Waals surface area contributed by atoms with Gasteiger partial charge in [-0.05, 0) is 67.1 Å². The molecule has 0 saturated heterocycles. The second-order valence-electron chi connectivity index (χ2n) is 6.34. The largest absolute Gasteiger partial charge is 0.492 e. The van der Waals surface area contributed by atoms with Crippen LogP contribution in [0.5, 0.6) is 5.75 Å². The third-order valence-corrected chi connectivity index (χ3v) is 5.15. The quantitative estimate of drug-likeness (QED) is 0.390. The number of hydrogen-bond donors (Lipinski definition) is 0. The van der Waals surface area contributed by atoms with Crippen LogP contribution in [0.1, 0.15) is 5.56 Å². The van der Waals surface area contributed by atoms with Gasteiger partial charge >= 0.3 is 0 Å². The summed E-state index contributed by atoms with van der Waals surface area (Å²) in [6.45, 7) is 3.18. The first-order valence-electron chi connectivity index (χ1n) is 8.72. The topological polar surface area (TPSA) is 27.1 Å². The van der Waals surface area contributed by atoms with Crippen LogP contribution in [-0.2, 0) is 6.54 Å². The number of aromatic nitrogens is 2. The van der Waals surface area contributed by atoms with Crippen LogP contribution in [-0.4, -0.2) is 16.2 Å². The molecule has 0 amide bonds. The number of benzene rings is 3. The van der Waals surface area contributed by atoms with Gasteiger partial charge in [0.05, 0.1) is 17.6 Å². The number of imidazole rings is 1. The summed E-state index contributed by atoms with van der Waals surface area (Å²) in [7, 11) is 0. The Morgan fingerprint density at radius 2 is 1.74 bits per heavy atom. The molecule has 4 rings (SSSR count). The normalized spacial score (nSPS) is 11.1. The smallest absolute Gasteiger partial charge is 0.141 e. The fourth-order valence-corrected chi connectivity index (χ4v) is 3.33. The van der Waals surface area contributed by atoms with Gasteiger partial charge in [0.2, 0.25) is 0 Å². The molecule has 0 radical (unpaired) electrons. The molecule has 0 unspecified atom stereocenters. The van der Waals surface area contributed by atoms with Crippen LogP contribution < -0.4 is 4.74 Å². The number of halogens is 2. The van der Waals surface area contributed by atoms with Gasteiger partial charge in [-0.2, -0.15) is 0 Å². The molecule has 0 spiro atoms. The van der Waals surface area contributed by atoms with Crippen LogP contribution in [0.4, 0.5) is 0 Å². The Morgan fingerprint density at radius 3 is 2.52 bits per heavy atom. The van der Waals surface area contributed by atoms with E-state index in [1.165, 1.54) is 0 Å². The lowest BCUT2D eigenvalue weighted by atomic mass is 10.2. The van der Waals surface area contributed by atoms with Crippen LogP contribution in [0.3, 0.4) is 0 Å². The molecule has 4 aromatic rings. The maximum Gasteiger partial charge on any atom is 0.141 e. The van der Waals surface area contributed by atoms with Crippen molar-refractivity contribution < 1.29 is 4.74 Å². The van der Waals surface area contributed by atoms with Crippen molar-refractivity contribution in [1.29, 1.82) is 0 Å². The van der Waals surface area contributed by atoms with Crippen LogP contribution in [0, 0.1) is 6.92 Å². The van der Waals surface area contributed by atoms with Gasteiger partial charge in [0, 0.05) is 15.6 Å². The summed E-state index contributed by atoms with van der Waals surface area (Å²) in [6, 6.07) is 21.6. The van der Waals surface area contributed by atoms with Gasteiger partial charge in [0.25, 0.3) is 0 Å². The van der Waals surface area contributed by atoms with E-state index in [0.717, 1.165) is 38.8 Å². The van der Waals surface area contributed by atoms with Crippen LogP contribution in [0.2, 0.25) is 10.0 Å². The van der Waals surface area contributed by atoms with Gasteiger partial charge in [0.15, 0.2) is 0 Å². The second-order valence-corrected chi connectivity index (χ2v) is 7.19. The van der Waals surface area contributed by atoms with Crippen molar-refractivity contribution in [2.24, 2.45) is 0 Å². The van der Waals surface area contributed by atoms with E-state index in [2.05, 4.69) is 10.6 Å². The molecular weight excluding hydrogens is 379 g/mol. The molecule has 3 nitrogen and oxygen atoms in total. The molecule has 1 heterocycles. The Labute approximate surface area is 168 Å². The summed E-state index contributed by atoms with van der Waals surface area (Å²) in [5.74, 6) is 1.72. The van der Waals surface area contributed by atoms with Crippen molar-refractivity contribution in [1.82, 2.24) is 9.55 Å². The Hall–Kier alpha value is -2.49. The molecule has 136 valence electrons. The fourth-order valence-electron chi connectivity index (χ4n) is 3.08. The Kier molecular flexibility index (Phi) is 5.06. The molecule has 3 aromatic carbocycles. The molecule has 0 fully saturated rings.